The number of hydrogen-bond acceptors (Lipinski definition) is 6. The minimum absolute atomic E-state index is 1.12. The van der Waals surface area contributed by atoms with Crippen molar-refractivity contribution in [3.05, 3.63) is 0 Å². The topological polar surface area (TPSA) is 148 Å². The van der Waals surface area contributed by atoms with Gasteiger partial charge in [0.05, 0.1) is 6.61 Å². The van der Waals surface area contributed by atoms with Gasteiger partial charge in [0.1, 0.15) is 0 Å². The molecule has 0 radical (unpaired) electrons. The fourth-order valence-electron chi connectivity index (χ4n) is 0.355. The van der Waals surface area contributed by atoms with Gasteiger partial charge in [-0.25, -0.2) is 9.09 Å². The van der Waals surface area contributed by atoms with Gasteiger partial charge in [-0.1, -0.05) is 0 Å². The maximum atomic E-state index is 10.0. The molecule has 0 amide bonds. The lowest BCUT2D eigenvalue weighted by Crippen LogP contribution is -2.46. The predicted molar refractivity (Wildman–Crippen MR) is 33.4 cm³/mol. The van der Waals surface area contributed by atoms with Gasteiger partial charge in [-0.3, -0.25) is 0 Å². The summed E-state index contributed by atoms with van der Waals surface area (Å²) in [6.45, 7) is -1.12. The first kappa shape index (κ1) is 11.9. The lowest BCUT2D eigenvalue weighted by molar-refractivity contribution is -0.346. The molecule has 0 heterocycles. The van der Waals surface area contributed by atoms with Crippen LogP contribution >= 0.6 is 7.82 Å². The van der Waals surface area contributed by atoms with Crippen molar-refractivity contribution >= 4 is 7.82 Å². The average Bonchev–Trinajstić information content (AvgIpc) is 1.80. The molecule has 0 rings (SSSR count). The predicted octanol–water partition coefficient (Wildman–Crippen LogP) is -2.91. The third-order valence-corrected chi connectivity index (χ3v) is 1.37. The van der Waals surface area contributed by atoms with Gasteiger partial charge in [-0.2, -0.15) is 0 Å². The van der Waals surface area contributed by atoms with E-state index in [-0.39, 0.29) is 0 Å². The summed E-state index contributed by atoms with van der Waals surface area (Å²) in [5.41, 5.74) is 0. The van der Waals surface area contributed by atoms with Crippen LogP contribution in [-0.4, -0.2) is 48.9 Å². The van der Waals surface area contributed by atoms with E-state index in [0.717, 1.165) is 0 Å². The highest BCUT2D eigenvalue weighted by Gasteiger charge is 2.40. The molecule has 12 heavy (non-hydrogen) atoms. The van der Waals surface area contributed by atoms with Gasteiger partial charge < -0.3 is 30.2 Å². The van der Waals surface area contributed by atoms with Crippen LogP contribution in [0.5, 0.6) is 0 Å². The average molecular weight is 204 g/mol. The van der Waals surface area contributed by atoms with E-state index in [1.807, 2.05) is 0 Å². The number of hydrogen-bond donors (Lipinski definition) is 6. The molecule has 74 valence electrons. The number of aliphatic hydroxyl groups excluding tert-OH is 2. The molecule has 0 aromatic rings. The molecule has 1 atom stereocenters. The Morgan fingerprint density at radius 1 is 1.42 bits per heavy atom. The zero-order valence-corrected chi connectivity index (χ0v) is 6.63. The van der Waals surface area contributed by atoms with Gasteiger partial charge in [-0.15, -0.1) is 0 Å². The fraction of sp³-hybridized carbons (Fsp3) is 1.00. The van der Waals surface area contributed by atoms with Crippen LogP contribution in [0.1, 0.15) is 0 Å². The second kappa shape index (κ2) is 3.77. The lowest BCUT2D eigenvalue weighted by Gasteiger charge is -2.25. The van der Waals surface area contributed by atoms with Crippen molar-refractivity contribution in [3.8, 4) is 0 Å². The first-order chi connectivity index (χ1) is 5.19. The molecule has 0 aliphatic rings. The van der Waals surface area contributed by atoms with Crippen molar-refractivity contribution in [1.82, 2.24) is 0 Å². The second-order valence-electron chi connectivity index (χ2n) is 1.94. The largest absolute Gasteiger partial charge is 0.474 e. The van der Waals surface area contributed by atoms with Crippen molar-refractivity contribution in [3.63, 3.8) is 0 Å². The lowest BCUT2D eigenvalue weighted by atomic mass is 10.3. The van der Waals surface area contributed by atoms with E-state index in [4.69, 9.17) is 30.2 Å². The summed E-state index contributed by atoms with van der Waals surface area (Å²) in [5.74, 6) is -3.46. The van der Waals surface area contributed by atoms with Gasteiger partial charge in [0.25, 0.3) is 0 Å². The molecule has 0 aliphatic heterocycles. The SMILES string of the molecule is O=P(O)(O)OC(O)(O)C(O)CO. The highest BCUT2D eigenvalue weighted by molar-refractivity contribution is 7.46. The third kappa shape index (κ3) is 4.10. The van der Waals surface area contributed by atoms with Gasteiger partial charge in [0.15, 0.2) is 6.10 Å². The molecule has 0 aromatic heterocycles. The molecule has 8 nitrogen and oxygen atoms in total. The Morgan fingerprint density at radius 2 is 1.83 bits per heavy atom. The smallest absolute Gasteiger partial charge is 0.393 e. The van der Waals surface area contributed by atoms with E-state index in [9.17, 15) is 4.57 Å². The molecule has 0 saturated heterocycles. The molecular formula is C3H9O8P. The first-order valence-corrected chi connectivity index (χ1v) is 4.22. The number of phosphoric ester groups is 1. The maximum Gasteiger partial charge on any atom is 0.474 e. The van der Waals surface area contributed by atoms with Crippen LogP contribution in [0.25, 0.3) is 0 Å². The monoisotopic (exact) mass is 204 g/mol. The van der Waals surface area contributed by atoms with Crippen LogP contribution in [-0.2, 0) is 9.09 Å². The Morgan fingerprint density at radius 3 is 2.08 bits per heavy atom. The van der Waals surface area contributed by atoms with E-state index >= 15 is 0 Å². The maximum absolute atomic E-state index is 10.0. The van der Waals surface area contributed by atoms with Crippen molar-refractivity contribution in [2.24, 2.45) is 0 Å². The number of aliphatic hydroxyl groups is 4. The molecule has 9 heteroatoms. The van der Waals surface area contributed by atoms with Gasteiger partial charge in [-0.05, 0) is 0 Å². The molecule has 0 spiro atoms. The summed E-state index contributed by atoms with van der Waals surface area (Å²) in [5, 5.41) is 33.8. The van der Waals surface area contributed by atoms with Crippen molar-refractivity contribution in [2.45, 2.75) is 12.1 Å². The van der Waals surface area contributed by atoms with E-state index in [0.29, 0.717) is 0 Å². The van der Waals surface area contributed by atoms with Crippen molar-refractivity contribution < 1.29 is 39.3 Å². The second-order valence-corrected chi connectivity index (χ2v) is 3.10. The molecule has 0 aliphatic carbocycles. The minimum Gasteiger partial charge on any atom is -0.393 e. The highest BCUT2D eigenvalue weighted by atomic mass is 31.2. The van der Waals surface area contributed by atoms with Crippen LogP contribution in [0.3, 0.4) is 0 Å². The Labute approximate surface area is 66.9 Å². The minimum atomic E-state index is -5.13. The Kier molecular flexibility index (Phi) is 3.76. The van der Waals surface area contributed by atoms with Crippen LogP contribution < -0.4 is 0 Å². The van der Waals surface area contributed by atoms with Crippen LogP contribution in [0.4, 0.5) is 0 Å². The summed E-state index contributed by atoms with van der Waals surface area (Å²) < 4.78 is 13.4. The number of phosphoric acid groups is 1. The van der Waals surface area contributed by atoms with E-state index < -0.39 is 26.5 Å². The van der Waals surface area contributed by atoms with Crippen molar-refractivity contribution in [2.75, 3.05) is 6.61 Å². The third-order valence-electron chi connectivity index (χ3n) is 0.860. The van der Waals surface area contributed by atoms with Gasteiger partial charge >= 0.3 is 13.8 Å². The molecule has 0 aromatic carbocycles. The van der Waals surface area contributed by atoms with Gasteiger partial charge in [0.2, 0.25) is 0 Å². The summed E-state index contributed by atoms with van der Waals surface area (Å²) >= 11 is 0. The highest BCUT2D eigenvalue weighted by Crippen LogP contribution is 2.40. The van der Waals surface area contributed by atoms with E-state index in [2.05, 4.69) is 4.52 Å². The zero-order valence-electron chi connectivity index (χ0n) is 5.73. The Balaban J connectivity index is 4.32. The van der Waals surface area contributed by atoms with Crippen LogP contribution in [0, 0.1) is 0 Å². The molecule has 1 unspecified atom stereocenters. The van der Waals surface area contributed by atoms with Gasteiger partial charge in [0, 0.05) is 0 Å². The molecule has 6 N–H and O–H groups in total. The quantitative estimate of drug-likeness (QED) is 0.211. The van der Waals surface area contributed by atoms with Crippen LogP contribution in [0.2, 0.25) is 0 Å². The summed E-state index contributed by atoms with van der Waals surface area (Å²) in [6, 6.07) is 0. The molecule has 0 bridgehead atoms. The molecule has 0 saturated carbocycles. The standard InChI is InChI=1S/C3H9O8P/c4-1-2(5)3(6,7)11-12(8,9)10/h2,4-7H,1H2,(H2,8,9,10). The van der Waals surface area contributed by atoms with Crippen LogP contribution in [0.15, 0.2) is 0 Å². The fourth-order valence-corrected chi connectivity index (χ4v) is 0.826. The molecule has 0 fully saturated rings. The van der Waals surface area contributed by atoms with E-state index in [1.54, 1.807) is 0 Å². The first-order valence-electron chi connectivity index (χ1n) is 2.69. The summed E-state index contributed by atoms with van der Waals surface area (Å²) in [7, 11) is -5.13. The Hall–Kier alpha value is -0.0500. The zero-order chi connectivity index (χ0) is 9.99. The summed E-state index contributed by atoms with van der Waals surface area (Å²) in [6.07, 6.45) is -2.22. The normalized spacial score (nSPS) is 16.2. The van der Waals surface area contributed by atoms with Crippen molar-refractivity contribution in [1.29, 1.82) is 0 Å². The Bertz CT molecular complexity index is 183. The number of rotatable bonds is 4. The molecular weight excluding hydrogens is 195 g/mol. The summed E-state index contributed by atoms with van der Waals surface area (Å²) in [4.78, 5) is 16.1. The van der Waals surface area contributed by atoms with E-state index in [1.165, 1.54) is 0 Å².